The molecular formula is C25H26ClN7O2. The number of nitrogens with one attached hydrogen (secondary N) is 2. The first kappa shape index (κ1) is 23.1. The Labute approximate surface area is 207 Å². The zero-order valence-electron chi connectivity index (χ0n) is 19.4. The van der Waals surface area contributed by atoms with E-state index in [9.17, 15) is 9.59 Å². The molecule has 35 heavy (non-hydrogen) atoms. The topological polar surface area (TPSA) is 99.2 Å². The first-order chi connectivity index (χ1) is 17.0. The van der Waals surface area contributed by atoms with Crippen molar-refractivity contribution in [2.24, 2.45) is 0 Å². The minimum absolute atomic E-state index is 0.0347. The second-order valence-corrected chi connectivity index (χ2v) is 8.84. The summed E-state index contributed by atoms with van der Waals surface area (Å²) in [6.07, 6.45) is 2.46. The van der Waals surface area contributed by atoms with Crippen LogP contribution in [0.1, 0.15) is 12.5 Å². The van der Waals surface area contributed by atoms with Crippen molar-refractivity contribution in [1.82, 2.24) is 24.6 Å². The van der Waals surface area contributed by atoms with Gasteiger partial charge >= 0.3 is 0 Å². The molecule has 2 aromatic carbocycles. The summed E-state index contributed by atoms with van der Waals surface area (Å²) in [6, 6.07) is 15.4. The molecule has 0 atom stereocenters. The molecule has 9 nitrogen and oxygen atoms in total. The van der Waals surface area contributed by atoms with Crippen molar-refractivity contribution >= 4 is 39.9 Å². The summed E-state index contributed by atoms with van der Waals surface area (Å²) < 4.78 is 1.18. The lowest BCUT2D eigenvalue weighted by atomic mass is 10.1. The molecule has 2 N–H and O–H groups in total. The molecule has 1 saturated heterocycles. The Morgan fingerprint density at radius 2 is 1.83 bits per heavy atom. The van der Waals surface area contributed by atoms with Gasteiger partial charge in [0.15, 0.2) is 0 Å². The number of hydrogen-bond acceptors (Lipinski definition) is 6. The Morgan fingerprint density at radius 1 is 1.09 bits per heavy atom. The van der Waals surface area contributed by atoms with Crippen LogP contribution in [0, 0.1) is 0 Å². The van der Waals surface area contributed by atoms with Crippen LogP contribution in [-0.2, 0) is 11.2 Å². The Morgan fingerprint density at radius 3 is 2.60 bits per heavy atom. The molecular weight excluding hydrogens is 466 g/mol. The van der Waals surface area contributed by atoms with Crippen LogP contribution in [0.2, 0.25) is 5.02 Å². The third kappa shape index (κ3) is 4.78. The Kier molecular flexibility index (Phi) is 6.52. The number of fused-ring (bicyclic) bond motifs is 1. The van der Waals surface area contributed by atoms with E-state index in [0.29, 0.717) is 44.4 Å². The minimum atomic E-state index is -0.431. The smallest absolute Gasteiger partial charge is 0.295 e. The monoisotopic (exact) mass is 491 g/mol. The summed E-state index contributed by atoms with van der Waals surface area (Å²) in [6.45, 7) is 4.99. The van der Waals surface area contributed by atoms with Crippen LogP contribution in [-0.4, -0.2) is 63.3 Å². The minimum Gasteiger partial charge on any atom is -0.366 e. The second kappa shape index (κ2) is 9.89. The van der Waals surface area contributed by atoms with Crippen LogP contribution in [0.5, 0.6) is 0 Å². The summed E-state index contributed by atoms with van der Waals surface area (Å²) in [4.78, 5) is 37.2. The number of aromatic nitrogens is 4. The lowest BCUT2D eigenvalue weighted by Gasteiger charge is -2.35. The van der Waals surface area contributed by atoms with E-state index in [2.05, 4.69) is 32.2 Å². The lowest BCUT2D eigenvalue weighted by Crippen LogP contribution is -2.49. The van der Waals surface area contributed by atoms with Crippen molar-refractivity contribution in [3.63, 3.8) is 0 Å². The predicted molar refractivity (Wildman–Crippen MR) is 138 cm³/mol. The molecule has 0 unspecified atom stereocenters. The largest absolute Gasteiger partial charge is 0.366 e. The zero-order chi connectivity index (χ0) is 24.4. The summed E-state index contributed by atoms with van der Waals surface area (Å²) >= 11 is 6.49. The van der Waals surface area contributed by atoms with E-state index in [4.69, 9.17) is 11.6 Å². The number of anilines is 2. The van der Waals surface area contributed by atoms with Crippen molar-refractivity contribution in [3.05, 3.63) is 75.7 Å². The van der Waals surface area contributed by atoms with Gasteiger partial charge < -0.3 is 15.2 Å². The van der Waals surface area contributed by atoms with E-state index in [0.717, 1.165) is 28.7 Å². The van der Waals surface area contributed by atoms with E-state index in [1.807, 2.05) is 53.4 Å². The number of rotatable bonds is 6. The SMILES string of the molecule is CCc1ccccc1NC(=O)CN1CCN(c2cnn(-c3nc4ccccc4[nH]3)c(=O)c2Cl)CC1. The molecule has 180 valence electrons. The van der Waals surface area contributed by atoms with E-state index in [1.54, 1.807) is 6.20 Å². The van der Waals surface area contributed by atoms with Gasteiger partial charge in [-0.3, -0.25) is 14.5 Å². The zero-order valence-corrected chi connectivity index (χ0v) is 20.1. The number of H-pyrrole nitrogens is 1. The molecule has 1 aliphatic heterocycles. The molecule has 2 aromatic heterocycles. The van der Waals surface area contributed by atoms with E-state index < -0.39 is 5.56 Å². The van der Waals surface area contributed by atoms with E-state index >= 15 is 0 Å². The maximum absolute atomic E-state index is 13.0. The first-order valence-electron chi connectivity index (χ1n) is 11.6. The maximum atomic E-state index is 13.0. The third-order valence-corrected chi connectivity index (χ3v) is 6.59. The maximum Gasteiger partial charge on any atom is 0.295 e. The third-order valence-electron chi connectivity index (χ3n) is 6.23. The number of para-hydroxylation sites is 3. The fourth-order valence-corrected chi connectivity index (χ4v) is 4.57. The second-order valence-electron chi connectivity index (χ2n) is 8.46. The van der Waals surface area contributed by atoms with Gasteiger partial charge in [0.2, 0.25) is 11.9 Å². The highest BCUT2D eigenvalue weighted by molar-refractivity contribution is 6.33. The van der Waals surface area contributed by atoms with Crippen LogP contribution in [0.3, 0.4) is 0 Å². The molecule has 0 aliphatic carbocycles. The predicted octanol–water partition coefficient (Wildman–Crippen LogP) is 3.09. The molecule has 1 aliphatic rings. The summed E-state index contributed by atoms with van der Waals surface area (Å²) in [7, 11) is 0. The van der Waals surface area contributed by atoms with Gasteiger partial charge in [-0.15, -0.1) is 0 Å². The van der Waals surface area contributed by atoms with Crippen LogP contribution < -0.4 is 15.8 Å². The van der Waals surface area contributed by atoms with Gasteiger partial charge in [-0.2, -0.15) is 9.78 Å². The highest BCUT2D eigenvalue weighted by atomic mass is 35.5. The van der Waals surface area contributed by atoms with Gasteiger partial charge in [0.05, 0.1) is 29.5 Å². The van der Waals surface area contributed by atoms with Crippen molar-refractivity contribution in [2.75, 3.05) is 42.9 Å². The molecule has 3 heterocycles. The average molecular weight is 492 g/mol. The quantitative estimate of drug-likeness (QED) is 0.430. The Balaban J connectivity index is 1.23. The number of hydrogen-bond donors (Lipinski definition) is 2. The number of benzene rings is 2. The van der Waals surface area contributed by atoms with E-state index in [-0.39, 0.29) is 10.9 Å². The molecule has 0 radical (unpaired) electrons. The molecule has 4 aromatic rings. The number of aromatic amines is 1. The molecule has 1 amide bonds. The highest BCUT2D eigenvalue weighted by Crippen LogP contribution is 2.23. The molecule has 0 bridgehead atoms. The number of imidazole rings is 1. The van der Waals surface area contributed by atoms with Crippen molar-refractivity contribution in [1.29, 1.82) is 0 Å². The Bertz CT molecular complexity index is 1390. The Hall–Kier alpha value is -3.69. The molecule has 10 heteroatoms. The summed E-state index contributed by atoms with van der Waals surface area (Å²) in [5.74, 6) is 0.289. The number of halogens is 1. The number of carbonyl (C=O) groups excluding carboxylic acids is 1. The lowest BCUT2D eigenvalue weighted by molar-refractivity contribution is -0.117. The normalized spacial score (nSPS) is 14.4. The average Bonchev–Trinajstić information content (AvgIpc) is 3.30. The van der Waals surface area contributed by atoms with Gasteiger partial charge in [0.1, 0.15) is 5.02 Å². The van der Waals surface area contributed by atoms with Crippen molar-refractivity contribution in [2.45, 2.75) is 13.3 Å². The van der Waals surface area contributed by atoms with Crippen LogP contribution in [0.15, 0.2) is 59.5 Å². The van der Waals surface area contributed by atoms with Gasteiger partial charge in [-0.05, 0) is 30.2 Å². The number of carbonyl (C=O) groups is 1. The number of amides is 1. The number of aryl methyl sites for hydroxylation is 1. The fraction of sp³-hybridized carbons (Fsp3) is 0.280. The highest BCUT2D eigenvalue weighted by Gasteiger charge is 2.23. The molecule has 1 fully saturated rings. The molecule has 0 spiro atoms. The molecule has 5 rings (SSSR count). The fourth-order valence-electron chi connectivity index (χ4n) is 4.33. The summed E-state index contributed by atoms with van der Waals surface area (Å²) in [5.41, 5.74) is 3.70. The van der Waals surface area contributed by atoms with Gasteiger partial charge in [-0.1, -0.05) is 48.9 Å². The van der Waals surface area contributed by atoms with Crippen molar-refractivity contribution in [3.8, 4) is 5.95 Å². The first-order valence-corrected chi connectivity index (χ1v) is 12.0. The van der Waals surface area contributed by atoms with Crippen LogP contribution >= 0.6 is 11.6 Å². The van der Waals surface area contributed by atoms with E-state index in [1.165, 1.54) is 4.68 Å². The molecule has 0 saturated carbocycles. The number of nitrogens with zero attached hydrogens (tertiary/aromatic N) is 5. The van der Waals surface area contributed by atoms with Crippen LogP contribution in [0.25, 0.3) is 17.0 Å². The van der Waals surface area contributed by atoms with Crippen LogP contribution in [0.4, 0.5) is 11.4 Å². The standard InChI is InChI=1S/C25H26ClN7O2/c1-2-17-7-3-4-8-18(17)28-22(34)16-31-11-13-32(14-12-31)21-15-27-33(24(35)23(21)26)25-29-19-9-5-6-10-20(19)30-25/h3-10,15H,2,11-14,16H2,1H3,(H,28,34)(H,29,30). The van der Waals surface area contributed by atoms with Gasteiger partial charge in [-0.25, -0.2) is 4.98 Å². The summed E-state index contributed by atoms with van der Waals surface area (Å²) in [5, 5.41) is 7.44. The van der Waals surface area contributed by atoms with Gasteiger partial charge in [0.25, 0.3) is 5.56 Å². The van der Waals surface area contributed by atoms with Crippen molar-refractivity contribution < 1.29 is 4.79 Å². The number of piperazine rings is 1. The van der Waals surface area contributed by atoms with Gasteiger partial charge in [0, 0.05) is 31.9 Å².